The molecule has 2 heterocycles. The van der Waals surface area contributed by atoms with Crippen molar-refractivity contribution in [3.8, 4) is 0 Å². The van der Waals surface area contributed by atoms with Gasteiger partial charge in [0.25, 0.3) is 5.91 Å². The molecule has 3 aromatic rings. The van der Waals surface area contributed by atoms with Crippen LogP contribution in [0.3, 0.4) is 0 Å². The number of halogens is 2. The van der Waals surface area contributed by atoms with Crippen molar-refractivity contribution >= 4 is 28.7 Å². The highest BCUT2D eigenvalue weighted by molar-refractivity contribution is 7.12. The molecule has 0 saturated heterocycles. The van der Waals surface area contributed by atoms with Crippen molar-refractivity contribution in [2.45, 2.75) is 6.04 Å². The molecule has 2 aromatic carbocycles. The van der Waals surface area contributed by atoms with Gasteiger partial charge in [-0.2, -0.15) is 0 Å². The number of carbonyl (C=O) groups is 2. The first-order valence-corrected chi connectivity index (χ1v) is 9.22. The van der Waals surface area contributed by atoms with Gasteiger partial charge >= 0.3 is 0 Å². The molecular weight excluding hydrogens is 384 g/mol. The van der Waals surface area contributed by atoms with Gasteiger partial charge in [0, 0.05) is 6.07 Å². The second-order valence-corrected chi connectivity index (χ2v) is 7.10. The molecule has 1 aromatic heterocycles. The second-order valence-electron chi connectivity index (χ2n) is 6.15. The van der Waals surface area contributed by atoms with E-state index in [0.29, 0.717) is 10.4 Å². The Morgan fingerprint density at radius 3 is 2.46 bits per heavy atom. The summed E-state index contributed by atoms with van der Waals surface area (Å²) in [6, 6.07) is 13.3. The quantitative estimate of drug-likeness (QED) is 0.643. The molecule has 7 heteroatoms. The van der Waals surface area contributed by atoms with Crippen molar-refractivity contribution in [2.75, 3.05) is 4.90 Å². The second kappa shape index (κ2) is 7.01. The molecule has 0 radical (unpaired) electrons. The number of hydrogen-bond donors (Lipinski definition) is 1. The zero-order valence-corrected chi connectivity index (χ0v) is 15.1. The lowest BCUT2D eigenvalue weighted by Gasteiger charge is -2.27. The molecule has 0 spiro atoms. The van der Waals surface area contributed by atoms with Crippen LogP contribution in [-0.4, -0.2) is 16.8 Å². The first kappa shape index (κ1) is 18.1. The summed E-state index contributed by atoms with van der Waals surface area (Å²) >= 11 is 1.16. The Morgan fingerprint density at radius 1 is 1.04 bits per heavy atom. The van der Waals surface area contributed by atoms with E-state index in [1.807, 2.05) is 0 Å². The Morgan fingerprint density at radius 2 is 1.79 bits per heavy atom. The number of anilines is 1. The predicted molar refractivity (Wildman–Crippen MR) is 101 cm³/mol. The zero-order chi connectivity index (χ0) is 19.8. The first-order chi connectivity index (χ1) is 13.5. The highest BCUT2D eigenvalue weighted by atomic mass is 32.1. The van der Waals surface area contributed by atoms with Crippen molar-refractivity contribution in [2.24, 2.45) is 0 Å². The highest BCUT2D eigenvalue weighted by Gasteiger charge is 2.45. The Hall–Kier alpha value is -3.32. The fourth-order valence-electron chi connectivity index (χ4n) is 3.25. The van der Waals surface area contributed by atoms with E-state index in [-0.39, 0.29) is 11.3 Å². The standard InChI is InChI=1S/C21H13F2NO3S/c22-13-8-9-14(23)15(11-13)24-18(12-5-2-1-3-6-12)17(20(26)21(24)27)19(25)16-7-4-10-28-16/h1-11,18,26H. The van der Waals surface area contributed by atoms with Crippen LogP contribution in [0.4, 0.5) is 14.5 Å². The predicted octanol–water partition coefficient (Wildman–Crippen LogP) is 4.81. The minimum absolute atomic E-state index is 0.165. The van der Waals surface area contributed by atoms with E-state index in [0.717, 1.165) is 34.4 Å². The molecule has 1 N–H and O–H groups in total. The van der Waals surface area contributed by atoms with Crippen molar-refractivity contribution in [3.05, 3.63) is 99.5 Å². The molecule has 1 amide bonds. The van der Waals surface area contributed by atoms with E-state index in [9.17, 15) is 23.5 Å². The Labute approximate surface area is 163 Å². The molecule has 4 rings (SSSR count). The average Bonchev–Trinajstić information content (AvgIpc) is 3.32. The zero-order valence-electron chi connectivity index (χ0n) is 14.3. The fraction of sp³-hybridized carbons (Fsp3) is 0.0476. The van der Waals surface area contributed by atoms with E-state index in [4.69, 9.17) is 0 Å². The van der Waals surface area contributed by atoms with E-state index in [1.165, 1.54) is 0 Å². The topological polar surface area (TPSA) is 57.6 Å². The van der Waals surface area contributed by atoms with Crippen molar-refractivity contribution in [1.82, 2.24) is 0 Å². The molecule has 0 fully saturated rings. The summed E-state index contributed by atoms with van der Waals surface area (Å²) in [6.45, 7) is 0. The smallest absolute Gasteiger partial charge is 0.294 e. The van der Waals surface area contributed by atoms with Crippen molar-refractivity contribution in [3.63, 3.8) is 0 Å². The summed E-state index contributed by atoms with van der Waals surface area (Å²) in [5.74, 6) is -3.84. The molecule has 1 aliphatic rings. The molecule has 0 aliphatic carbocycles. The van der Waals surface area contributed by atoms with Gasteiger partial charge in [0.2, 0.25) is 5.78 Å². The number of thiophene rings is 1. The molecule has 0 bridgehead atoms. The van der Waals surface area contributed by atoms with Crippen LogP contribution in [0.15, 0.2) is 77.4 Å². The van der Waals surface area contributed by atoms with Crippen LogP contribution in [0.5, 0.6) is 0 Å². The van der Waals surface area contributed by atoms with Gasteiger partial charge in [-0.1, -0.05) is 36.4 Å². The van der Waals surface area contributed by atoms with Crippen LogP contribution in [0.1, 0.15) is 21.3 Å². The third kappa shape index (κ3) is 2.90. The third-order valence-electron chi connectivity index (χ3n) is 4.48. The van der Waals surface area contributed by atoms with Gasteiger partial charge < -0.3 is 5.11 Å². The van der Waals surface area contributed by atoms with E-state index >= 15 is 0 Å². The summed E-state index contributed by atoms with van der Waals surface area (Å²) in [5.41, 5.74) is -0.0230. The minimum atomic E-state index is -1.08. The third-order valence-corrected chi connectivity index (χ3v) is 5.35. The van der Waals surface area contributed by atoms with Gasteiger partial charge in [0.05, 0.1) is 22.2 Å². The summed E-state index contributed by atoms with van der Waals surface area (Å²) in [7, 11) is 0. The maximum Gasteiger partial charge on any atom is 0.294 e. The Balaban J connectivity index is 1.92. The Bertz CT molecular complexity index is 1090. The van der Waals surface area contributed by atoms with Crippen LogP contribution in [0.25, 0.3) is 0 Å². The summed E-state index contributed by atoms with van der Waals surface area (Å²) < 4.78 is 28.3. The SMILES string of the molecule is O=C(C1=C(O)C(=O)N(c2cc(F)ccc2F)C1c1ccccc1)c1cccs1. The number of carbonyl (C=O) groups excluding carboxylic acids is 2. The number of nitrogens with zero attached hydrogens (tertiary/aromatic N) is 1. The Kier molecular flexibility index (Phi) is 4.52. The monoisotopic (exact) mass is 397 g/mol. The van der Waals surface area contributed by atoms with Gasteiger partial charge in [-0.3, -0.25) is 14.5 Å². The molecule has 0 saturated carbocycles. The molecule has 1 aliphatic heterocycles. The lowest BCUT2D eigenvalue weighted by atomic mass is 9.95. The normalized spacial score (nSPS) is 16.7. The number of aliphatic hydroxyl groups is 1. The average molecular weight is 397 g/mol. The largest absolute Gasteiger partial charge is 0.503 e. The number of aliphatic hydroxyl groups excluding tert-OH is 1. The molecular formula is C21H13F2NO3S. The van der Waals surface area contributed by atoms with Gasteiger partial charge in [-0.25, -0.2) is 8.78 Å². The molecule has 28 heavy (non-hydrogen) atoms. The van der Waals surface area contributed by atoms with Gasteiger partial charge in [0.15, 0.2) is 5.76 Å². The highest BCUT2D eigenvalue weighted by Crippen LogP contribution is 2.43. The number of ketones is 1. The number of hydrogen-bond acceptors (Lipinski definition) is 4. The number of Topliss-reactive ketones (excluding diaryl/α,β-unsaturated/α-hetero) is 1. The number of amides is 1. The molecule has 1 atom stereocenters. The van der Waals surface area contributed by atoms with Crippen LogP contribution >= 0.6 is 11.3 Å². The van der Waals surface area contributed by atoms with Crippen LogP contribution in [-0.2, 0) is 4.79 Å². The molecule has 140 valence electrons. The first-order valence-electron chi connectivity index (χ1n) is 8.34. The van der Waals surface area contributed by atoms with E-state index in [1.54, 1.807) is 47.8 Å². The van der Waals surface area contributed by atoms with Crippen LogP contribution in [0, 0.1) is 11.6 Å². The number of benzene rings is 2. The summed E-state index contributed by atoms with van der Waals surface area (Å²) in [4.78, 5) is 27.1. The van der Waals surface area contributed by atoms with Gasteiger partial charge in [0.1, 0.15) is 11.6 Å². The number of rotatable bonds is 4. The lowest BCUT2D eigenvalue weighted by Crippen LogP contribution is -2.31. The van der Waals surface area contributed by atoms with Gasteiger partial charge in [-0.15, -0.1) is 11.3 Å². The minimum Gasteiger partial charge on any atom is -0.503 e. The van der Waals surface area contributed by atoms with E-state index < -0.39 is 35.1 Å². The van der Waals surface area contributed by atoms with Crippen molar-refractivity contribution < 1.29 is 23.5 Å². The lowest BCUT2D eigenvalue weighted by molar-refractivity contribution is -0.117. The van der Waals surface area contributed by atoms with Crippen LogP contribution in [0.2, 0.25) is 0 Å². The summed E-state index contributed by atoms with van der Waals surface area (Å²) in [5, 5.41) is 12.2. The molecule has 1 unspecified atom stereocenters. The maximum atomic E-state index is 14.5. The van der Waals surface area contributed by atoms with Crippen LogP contribution < -0.4 is 4.90 Å². The fourth-order valence-corrected chi connectivity index (χ4v) is 3.93. The molecule has 4 nitrogen and oxygen atoms in total. The van der Waals surface area contributed by atoms with E-state index in [2.05, 4.69) is 0 Å². The van der Waals surface area contributed by atoms with Gasteiger partial charge in [-0.05, 0) is 29.1 Å². The van der Waals surface area contributed by atoms with Crippen molar-refractivity contribution in [1.29, 1.82) is 0 Å². The maximum absolute atomic E-state index is 14.5. The summed E-state index contributed by atoms with van der Waals surface area (Å²) in [6.07, 6.45) is 0.